The second-order valence-corrected chi connectivity index (χ2v) is 10.9. The van der Waals surface area contributed by atoms with Gasteiger partial charge in [-0.05, 0) is 55.5 Å². The number of nitrogens with zero attached hydrogens (tertiary/aromatic N) is 2. The van der Waals surface area contributed by atoms with E-state index in [1.807, 2.05) is 18.2 Å². The summed E-state index contributed by atoms with van der Waals surface area (Å²) in [6.07, 6.45) is 4.73. The van der Waals surface area contributed by atoms with E-state index in [0.717, 1.165) is 30.0 Å². The molecule has 0 bridgehead atoms. The molecule has 7 nitrogen and oxygen atoms in total. The molecule has 2 aromatic rings. The number of hydrogen-bond acceptors (Lipinski definition) is 4. The van der Waals surface area contributed by atoms with Crippen molar-refractivity contribution in [3.8, 4) is 0 Å². The van der Waals surface area contributed by atoms with Gasteiger partial charge in [-0.1, -0.05) is 37.1 Å². The molecule has 32 heavy (non-hydrogen) atoms. The van der Waals surface area contributed by atoms with Crippen LogP contribution >= 0.6 is 0 Å². The number of benzene rings is 2. The predicted molar refractivity (Wildman–Crippen MR) is 123 cm³/mol. The Hall–Kier alpha value is -2.71. The average molecular weight is 456 g/mol. The predicted octanol–water partition coefficient (Wildman–Crippen LogP) is 3.35. The van der Waals surface area contributed by atoms with E-state index >= 15 is 0 Å². The van der Waals surface area contributed by atoms with Crippen molar-refractivity contribution < 1.29 is 18.0 Å². The van der Waals surface area contributed by atoms with Crippen LogP contribution in [-0.2, 0) is 14.8 Å². The molecule has 1 saturated heterocycles. The number of anilines is 1. The zero-order valence-corrected chi connectivity index (χ0v) is 19.2. The van der Waals surface area contributed by atoms with Gasteiger partial charge >= 0.3 is 0 Å². The molecule has 2 fully saturated rings. The molecule has 1 heterocycles. The molecule has 0 spiro atoms. The third kappa shape index (κ3) is 4.29. The SMILES string of the molecule is CN(C)S(=O)(=O)c1cccc(NC(=O)C2CC3CCCCC3N2C(=O)c2ccccc2)c1. The van der Waals surface area contributed by atoms with Gasteiger partial charge in [0, 0.05) is 31.4 Å². The highest BCUT2D eigenvalue weighted by Crippen LogP contribution is 2.41. The van der Waals surface area contributed by atoms with Crippen molar-refractivity contribution in [3.05, 3.63) is 60.2 Å². The maximum absolute atomic E-state index is 13.4. The van der Waals surface area contributed by atoms with Gasteiger partial charge in [-0.25, -0.2) is 12.7 Å². The molecule has 3 atom stereocenters. The molecule has 1 aliphatic carbocycles. The molecule has 2 aromatic carbocycles. The summed E-state index contributed by atoms with van der Waals surface area (Å²) < 4.78 is 26.0. The highest BCUT2D eigenvalue weighted by molar-refractivity contribution is 7.89. The maximum atomic E-state index is 13.4. The van der Waals surface area contributed by atoms with Crippen molar-refractivity contribution in [2.24, 2.45) is 5.92 Å². The molecule has 8 heteroatoms. The Kier molecular flexibility index (Phi) is 6.35. The quantitative estimate of drug-likeness (QED) is 0.749. The van der Waals surface area contributed by atoms with Gasteiger partial charge in [-0.15, -0.1) is 0 Å². The van der Waals surface area contributed by atoms with Crippen LogP contribution < -0.4 is 5.32 Å². The number of fused-ring (bicyclic) bond motifs is 1. The Labute approximate surface area is 189 Å². The molecule has 170 valence electrons. The summed E-state index contributed by atoms with van der Waals surface area (Å²) in [7, 11) is -0.682. The number of likely N-dealkylation sites (tertiary alicyclic amines) is 1. The molecule has 1 aliphatic heterocycles. The number of nitrogens with one attached hydrogen (secondary N) is 1. The zero-order chi connectivity index (χ0) is 22.9. The molecular formula is C24H29N3O4S. The van der Waals surface area contributed by atoms with Crippen LogP contribution in [0, 0.1) is 5.92 Å². The number of hydrogen-bond donors (Lipinski definition) is 1. The van der Waals surface area contributed by atoms with Gasteiger partial charge < -0.3 is 10.2 Å². The van der Waals surface area contributed by atoms with Crippen LogP contribution in [0.5, 0.6) is 0 Å². The van der Waals surface area contributed by atoms with Gasteiger partial charge in [0.15, 0.2) is 0 Å². The molecule has 4 rings (SSSR count). The van der Waals surface area contributed by atoms with E-state index in [-0.39, 0.29) is 22.8 Å². The van der Waals surface area contributed by atoms with E-state index in [4.69, 9.17) is 0 Å². The van der Waals surface area contributed by atoms with Crippen LogP contribution in [0.15, 0.2) is 59.5 Å². The molecule has 2 aliphatic rings. The standard InChI is InChI=1S/C24H29N3O4S/c1-26(2)32(30,31)20-13-8-12-19(16-20)25-23(28)22-15-18-11-6-7-14-21(18)27(22)24(29)17-9-4-3-5-10-17/h3-5,8-10,12-13,16,18,21-22H,6-7,11,14-15H2,1-2H3,(H,25,28). The summed E-state index contributed by atoms with van der Waals surface area (Å²) >= 11 is 0. The molecular weight excluding hydrogens is 426 g/mol. The van der Waals surface area contributed by atoms with Crippen LogP contribution in [0.1, 0.15) is 42.5 Å². The minimum atomic E-state index is -3.61. The lowest BCUT2D eigenvalue weighted by Crippen LogP contribution is -2.47. The molecule has 0 radical (unpaired) electrons. The highest BCUT2D eigenvalue weighted by atomic mass is 32.2. The van der Waals surface area contributed by atoms with Crippen molar-refractivity contribution in [2.75, 3.05) is 19.4 Å². The Bertz CT molecular complexity index is 1100. The van der Waals surface area contributed by atoms with Gasteiger partial charge in [0.1, 0.15) is 6.04 Å². The first-order valence-electron chi connectivity index (χ1n) is 11.0. The first-order valence-corrected chi connectivity index (χ1v) is 12.4. The largest absolute Gasteiger partial charge is 0.324 e. The zero-order valence-electron chi connectivity index (χ0n) is 18.4. The highest BCUT2D eigenvalue weighted by Gasteiger charge is 2.47. The monoisotopic (exact) mass is 455 g/mol. The number of carbonyl (C=O) groups excluding carboxylic acids is 2. The van der Waals surface area contributed by atoms with Crippen molar-refractivity contribution >= 4 is 27.5 Å². The lowest BCUT2D eigenvalue weighted by atomic mass is 9.84. The average Bonchev–Trinajstić information content (AvgIpc) is 3.19. The minimum Gasteiger partial charge on any atom is -0.324 e. The van der Waals surface area contributed by atoms with Gasteiger partial charge in [0.2, 0.25) is 15.9 Å². The Morgan fingerprint density at radius 1 is 1.00 bits per heavy atom. The summed E-state index contributed by atoms with van der Waals surface area (Å²) in [5.74, 6) is -0.0835. The van der Waals surface area contributed by atoms with Crippen LogP contribution in [0.3, 0.4) is 0 Å². The first kappa shape index (κ1) is 22.5. The van der Waals surface area contributed by atoms with Gasteiger partial charge in [0.25, 0.3) is 5.91 Å². The topological polar surface area (TPSA) is 86.8 Å². The number of carbonyl (C=O) groups is 2. The molecule has 1 N–H and O–H groups in total. The second-order valence-electron chi connectivity index (χ2n) is 8.75. The van der Waals surface area contributed by atoms with Crippen LogP contribution in [0.2, 0.25) is 0 Å². The van der Waals surface area contributed by atoms with E-state index in [1.165, 1.54) is 26.2 Å². The minimum absolute atomic E-state index is 0.0626. The third-order valence-corrected chi connectivity index (χ3v) is 8.34. The van der Waals surface area contributed by atoms with E-state index in [9.17, 15) is 18.0 Å². The molecule has 0 aromatic heterocycles. The van der Waals surface area contributed by atoms with Gasteiger partial charge in [-0.3, -0.25) is 9.59 Å². The lowest BCUT2D eigenvalue weighted by Gasteiger charge is -2.33. The van der Waals surface area contributed by atoms with Crippen molar-refractivity contribution in [3.63, 3.8) is 0 Å². The van der Waals surface area contributed by atoms with E-state index in [1.54, 1.807) is 29.2 Å². The smallest absolute Gasteiger partial charge is 0.254 e. The molecule has 1 saturated carbocycles. The molecule has 3 unspecified atom stereocenters. The third-order valence-electron chi connectivity index (χ3n) is 6.53. The first-order chi connectivity index (χ1) is 15.3. The number of amides is 2. The summed E-state index contributed by atoms with van der Waals surface area (Å²) in [5, 5.41) is 2.87. The van der Waals surface area contributed by atoms with Crippen LogP contribution in [0.25, 0.3) is 0 Å². The maximum Gasteiger partial charge on any atom is 0.254 e. The second kappa shape index (κ2) is 9.03. The summed E-state index contributed by atoms with van der Waals surface area (Å²) in [6, 6.07) is 14.8. The van der Waals surface area contributed by atoms with Gasteiger partial charge in [0.05, 0.1) is 4.90 Å². The van der Waals surface area contributed by atoms with Crippen molar-refractivity contribution in [1.82, 2.24) is 9.21 Å². The van der Waals surface area contributed by atoms with Crippen molar-refractivity contribution in [2.45, 2.75) is 49.1 Å². The normalized spacial score (nSPS) is 23.1. The Morgan fingerprint density at radius 2 is 1.72 bits per heavy atom. The fourth-order valence-electron chi connectivity index (χ4n) is 4.89. The Morgan fingerprint density at radius 3 is 2.44 bits per heavy atom. The lowest BCUT2D eigenvalue weighted by molar-refractivity contribution is -0.120. The fraction of sp³-hybridized carbons (Fsp3) is 0.417. The van der Waals surface area contributed by atoms with Crippen LogP contribution in [0.4, 0.5) is 5.69 Å². The fourth-order valence-corrected chi connectivity index (χ4v) is 5.83. The van der Waals surface area contributed by atoms with Crippen molar-refractivity contribution in [1.29, 1.82) is 0 Å². The van der Waals surface area contributed by atoms with Crippen LogP contribution in [-0.4, -0.2) is 55.6 Å². The van der Waals surface area contributed by atoms with Gasteiger partial charge in [-0.2, -0.15) is 0 Å². The van der Waals surface area contributed by atoms with E-state index < -0.39 is 16.1 Å². The molecule has 2 amide bonds. The summed E-state index contributed by atoms with van der Waals surface area (Å²) in [5.41, 5.74) is 0.982. The van der Waals surface area contributed by atoms with E-state index in [0.29, 0.717) is 23.6 Å². The Balaban J connectivity index is 1.60. The number of sulfonamides is 1. The van der Waals surface area contributed by atoms with E-state index in [2.05, 4.69) is 5.32 Å². The summed E-state index contributed by atoms with van der Waals surface area (Å²) in [6.45, 7) is 0. The number of rotatable bonds is 5. The summed E-state index contributed by atoms with van der Waals surface area (Å²) in [4.78, 5) is 28.6.